The summed E-state index contributed by atoms with van der Waals surface area (Å²) in [5.74, 6) is 0.597. The van der Waals surface area contributed by atoms with Gasteiger partial charge in [-0.05, 0) is 30.7 Å². The smallest absolute Gasteiger partial charge is 0.259 e. The van der Waals surface area contributed by atoms with Gasteiger partial charge in [0.2, 0.25) is 0 Å². The first-order valence-electron chi connectivity index (χ1n) is 5.42. The van der Waals surface area contributed by atoms with Crippen molar-refractivity contribution in [3.8, 4) is 0 Å². The minimum atomic E-state index is -0.647. The molecule has 1 aromatic heterocycles. The fourth-order valence-electron chi connectivity index (χ4n) is 2.49. The van der Waals surface area contributed by atoms with Gasteiger partial charge in [0, 0.05) is 17.5 Å². The highest BCUT2D eigenvalue weighted by molar-refractivity contribution is 7.10. The molecular formula is C11H13N3OS. The number of nitrogens with one attached hydrogen (secondary N) is 2. The van der Waals surface area contributed by atoms with E-state index in [2.05, 4.69) is 21.0 Å². The van der Waals surface area contributed by atoms with Gasteiger partial charge in [-0.15, -0.1) is 11.3 Å². The molecule has 1 unspecified atom stereocenters. The Morgan fingerprint density at radius 1 is 1.62 bits per heavy atom. The van der Waals surface area contributed by atoms with Gasteiger partial charge < -0.3 is 5.32 Å². The summed E-state index contributed by atoms with van der Waals surface area (Å²) in [4.78, 5) is 18.0. The lowest BCUT2D eigenvalue weighted by atomic mass is 9.80. The van der Waals surface area contributed by atoms with E-state index in [1.54, 1.807) is 18.4 Å². The van der Waals surface area contributed by atoms with Crippen LogP contribution in [-0.4, -0.2) is 18.9 Å². The normalized spacial score (nSPS) is 27.6. The Hall–Kier alpha value is -1.36. The van der Waals surface area contributed by atoms with Crippen molar-refractivity contribution in [1.82, 2.24) is 10.6 Å². The first-order valence-corrected chi connectivity index (χ1v) is 6.30. The molecule has 1 aromatic rings. The molecule has 2 N–H and O–H groups in total. The lowest BCUT2D eigenvalue weighted by Gasteiger charge is -2.27. The molecule has 0 bridgehead atoms. The number of hydrogen-bond donors (Lipinski definition) is 2. The first-order chi connectivity index (χ1) is 7.76. The molecular weight excluding hydrogens is 222 g/mol. The highest BCUT2D eigenvalue weighted by atomic mass is 32.1. The number of aryl methyl sites for hydroxylation is 1. The van der Waals surface area contributed by atoms with Crippen molar-refractivity contribution in [2.75, 3.05) is 7.05 Å². The van der Waals surface area contributed by atoms with Crippen LogP contribution in [0.5, 0.6) is 0 Å². The van der Waals surface area contributed by atoms with E-state index in [-0.39, 0.29) is 5.91 Å². The van der Waals surface area contributed by atoms with Gasteiger partial charge in [0.05, 0.1) is 0 Å². The average molecular weight is 235 g/mol. The van der Waals surface area contributed by atoms with E-state index in [0.29, 0.717) is 5.96 Å². The van der Waals surface area contributed by atoms with E-state index in [4.69, 9.17) is 0 Å². The Morgan fingerprint density at radius 3 is 3.25 bits per heavy atom. The number of carbonyl (C=O) groups is 1. The quantitative estimate of drug-likeness (QED) is 0.704. The van der Waals surface area contributed by atoms with Crippen molar-refractivity contribution in [1.29, 1.82) is 0 Å². The van der Waals surface area contributed by atoms with E-state index in [1.807, 2.05) is 6.07 Å². The zero-order chi connectivity index (χ0) is 11.2. The number of aliphatic imine (C=N–C) groups is 1. The van der Waals surface area contributed by atoms with Crippen LogP contribution in [0.3, 0.4) is 0 Å². The number of carbonyl (C=O) groups excluding carboxylic acids is 1. The summed E-state index contributed by atoms with van der Waals surface area (Å²) in [6, 6.07) is 2.04. The minimum absolute atomic E-state index is 0.0104. The van der Waals surface area contributed by atoms with Gasteiger partial charge >= 0.3 is 0 Å². The number of fused-ring (bicyclic) bond motifs is 2. The molecule has 1 aliphatic carbocycles. The van der Waals surface area contributed by atoms with Gasteiger partial charge in [-0.3, -0.25) is 10.1 Å². The van der Waals surface area contributed by atoms with Crippen molar-refractivity contribution >= 4 is 23.2 Å². The van der Waals surface area contributed by atoms with Gasteiger partial charge in [0.15, 0.2) is 11.5 Å². The second-order valence-corrected chi connectivity index (χ2v) is 5.14. The fraction of sp³-hybridized carbons (Fsp3) is 0.455. The van der Waals surface area contributed by atoms with E-state index in [9.17, 15) is 4.79 Å². The van der Waals surface area contributed by atoms with Crippen LogP contribution in [0.15, 0.2) is 16.4 Å². The van der Waals surface area contributed by atoms with Crippen LogP contribution in [0.25, 0.3) is 0 Å². The van der Waals surface area contributed by atoms with Crippen LogP contribution in [0.1, 0.15) is 23.3 Å². The van der Waals surface area contributed by atoms with Crippen LogP contribution < -0.4 is 10.6 Å². The summed E-state index contributed by atoms with van der Waals surface area (Å²) in [7, 11) is 1.77. The summed E-state index contributed by atoms with van der Waals surface area (Å²) in [5, 5.41) is 7.76. The average Bonchev–Trinajstić information content (AvgIpc) is 2.86. The molecule has 16 heavy (non-hydrogen) atoms. The van der Waals surface area contributed by atoms with Crippen LogP contribution in [0.4, 0.5) is 0 Å². The summed E-state index contributed by atoms with van der Waals surface area (Å²) >= 11 is 1.73. The fourth-order valence-corrected chi connectivity index (χ4v) is 3.49. The molecule has 1 amide bonds. The first kappa shape index (κ1) is 9.84. The maximum absolute atomic E-state index is 12.1. The van der Waals surface area contributed by atoms with Crippen molar-refractivity contribution in [3.05, 3.63) is 21.9 Å². The number of guanidine groups is 1. The number of rotatable bonds is 0. The van der Waals surface area contributed by atoms with Gasteiger partial charge in [-0.2, -0.15) is 0 Å². The molecule has 0 radical (unpaired) electrons. The Balaban J connectivity index is 2.14. The third-order valence-electron chi connectivity index (χ3n) is 3.28. The molecule has 2 aliphatic rings. The third kappa shape index (κ3) is 1.15. The van der Waals surface area contributed by atoms with E-state index >= 15 is 0 Å². The molecule has 0 saturated heterocycles. The highest BCUT2D eigenvalue weighted by Crippen LogP contribution is 2.42. The molecule has 0 saturated carbocycles. The summed E-state index contributed by atoms with van der Waals surface area (Å²) in [5.41, 5.74) is 0.456. The SMILES string of the molecule is CNC1=NC2(CCCc3sccc32)C(=O)N1. The van der Waals surface area contributed by atoms with Gasteiger partial charge in [-0.1, -0.05) is 0 Å². The summed E-state index contributed by atoms with van der Waals surface area (Å²) < 4.78 is 0. The van der Waals surface area contributed by atoms with Gasteiger partial charge in [0.25, 0.3) is 5.91 Å². The van der Waals surface area contributed by atoms with Gasteiger partial charge in [-0.25, -0.2) is 4.99 Å². The molecule has 1 spiro atoms. The Labute approximate surface area is 97.8 Å². The standard InChI is InChI=1S/C11H13N3OS/c1-12-10-13-9(15)11(14-10)5-2-3-8-7(11)4-6-16-8/h4,6H,2-3,5H2,1H3,(H2,12,13,14,15). The van der Waals surface area contributed by atoms with Crippen LogP contribution in [0.2, 0.25) is 0 Å². The van der Waals surface area contributed by atoms with Crippen molar-refractivity contribution < 1.29 is 4.79 Å². The van der Waals surface area contributed by atoms with Crippen molar-refractivity contribution in [3.63, 3.8) is 0 Å². The predicted octanol–water partition coefficient (Wildman–Crippen LogP) is 0.985. The summed E-state index contributed by atoms with van der Waals surface area (Å²) in [6.07, 6.45) is 2.92. The molecule has 3 rings (SSSR count). The molecule has 0 fully saturated rings. The monoisotopic (exact) mass is 235 g/mol. The number of hydrogen-bond acceptors (Lipinski definition) is 4. The van der Waals surface area contributed by atoms with Crippen molar-refractivity contribution in [2.45, 2.75) is 24.8 Å². The molecule has 2 heterocycles. The van der Waals surface area contributed by atoms with Crippen molar-refractivity contribution in [2.24, 2.45) is 4.99 Å². The summed E-state index contributed by atoms with van der Waals surface area (Å²) in [6.45, 7) is 0. The van der Waals surface area contributed by atoms with Crippen LogP contribution in [0, 0.1) is 0 Å². The molecule has 0 aromatic carbocycles. The van der Waals surface area contributed by atoms with Crippen LogP contribution >= 0.6 is 11.3 Å². The Kier molecular flexibility index (Phi) is 2.04. The van der Waals surface area contributed by atoms with E-state index < -0.39 is 5.54 Å². The Bertz CT molecular complexity index is 479. The van der Waals surface area contributed by atoms with Crippen LogP contribution in [-0.2, 0) is 16.8 Å². The lowest BCUT2D eigenvalue weighted by Crippen LogP contribution is -2.41. The molecule has 5 heteroatoms. The second kappa shape index (κ2) is 3.31. The van der Waals surface area contributed by atoms with E-state index in [1.165, 1.54) is 4.88 Å². The topological polar surface area (TPSA) is 53.5 Å². The number of amides is 1. The molecule has 1 aliphatic heterocycles. The predicted molar refractivity (Wildman–Crippen MR) is 63.6 cm³/mol. The minimum Gasteiger partial charge on any atom is -0.359 e. The highest BCUT2D eigenvalue weighted by Gasteiger charge is 2.48. The maximum atomic E-state index is 12.1. The zero-order valence-corrected chi connectivity index (χ0v) is 9.86. The largest absolute Gasteiger partial charge is 0.359 e. The number of thiophene rings is 1. The number of nitrogens with zero attached hydrogens (tertiary/aromatic N) is 1. The second-order valence-electron chi connectivity index (χ2n) is 4.14. The van der Waals surface area contributed by atoms with E-state index in [0.717, 1.165) is 24.8 Å². The zero-order valence-electron chi connectivity index (χ0n) is 9.04. The molecule has 1 atom stereocenters. The maximum Gasteiger partial charge on any atom is 0.259 e. The lowest BCUT2D eigenvalue weighted by molar-refractivity contribution is -0.124. The molecule has 4 nitrogen and oxygen atoms in total. The Morgan fingerprint density at radius 2 is 2.50 bits per heavy atom. The molecule has 84 valence electrons. The third-order valence-corrected chi connectivity index (χ3v) is 4.26. The van der Waals surface area contributed by atoms with Gasteiger partial charge in [0.1, 0.15) is 0 Å².